The number of anilines is 2. The second-order valence-corrected chi connectivity index (χ2v) is 31.8. The van der Waals surface area contributed by atoms with Gasteiger partial charge in [0.05, 0.1) is 101 Å². The van der Waals surface area contributed by atoms with Crippen LogP contribution in [0, 0.1) is 0 Å². The van der Waals surface area contributed by atoms with Crippen molar-refractivity contribution < 1.29 is 53.1 Å². The smallest absolute Gasteiger partial charge is 0.488 e. The molecule has 0 bridgehead atoms. The number of morpholine rings is 3. The van der Waals surface area contributed by atoms with Crippen LogP contribution in [-0.4, -0.2) is 206 Å². The number of phenols is 4. The van der Waals surface area contributed by atoms with Crippen LogP contribution in [0.2, 0.25) is 15.7 Å². The maximum absolute atomic E-state index is 11.8. The molecule has 0 unspecified atom stereocenters. The van der Waals surface area contributed by atoms with E-state index in [2.05, 4.69) is 93.1 Å². The monoisotopic (exact) mass is 1760 g/mol. The molecule has 7 N–H and O–H groups in total. The molecule has 4 saturated heterocycles. The summed E-state index contributed by atoms with van der Waals surface area (Å²) < 4.78 is 47.7. The van der Waals surface area contributed by atoms with Crippen molar-refractivity contribution in [2.45, 2.75) is 20.4 Å². The first-order valence-electron chi connectivity index (χ1n) is 32.4. The maximum atomic E-state index is 11.8. The molecule has 4 aromatic carbocycles. The lowest BCUT2D eigenvalue weighted by Gasteiger charge is -2.33. The average molecular weight is 1760 g/mol. The molecule has 12 aromatic rings. The van der Waals surface area contributed by atoms with E-state index in [4.69, 9.17) is 84.1 Å². The Bertz CT molecular complexity index is 4960. The normalized spacial score (nSPS) is 14.8. The Labute approximate surface area is 656 Å². The Morgan fingerprint density at radius 2 is 0.885 bits per heavy atom. The number of piperazine rings is 1. The second kappa shape index (κ2) is 38.6. The molecule has 16 rings (SSSR count). The van der Waals surface area contributed by atoms with Gasteiger partial charge in [-0.05, 0) is 130 Å². The highest BCUT2D eigenvalue weighted by molar-refractivity contribution is 9.11. The van der Waals surface area contributed by atoms with E-state index in [0.29, 0.717) is 81.7 Å². The summed E-state index contributed by atoms with van der Waals surface area (Å²) in [6, 6.07) is 27.1. The number of aromatic hydroxyl groups is 4. The van der Waals surface area contributed by atoms with Crippen LogP contribution in [0.1, 0.15) is 19.4 Å². The minimum atomic E-state index is -3.15. The molecule has 0 radical (unpaired) electrons. The van der Waals surface area contributed by atoms with Gasteiger partial charge in [-0.1, -0.05) is 74.0 Å². The van der Waals surface area contributed by atoms with Crippen LogP contribution in [-0.2, 0) is 30.8 Å². The fourth-order valence-corrected chi connectivity index (χ4v) is 17.8. The zero-order chi connectivity index (χ0) is 74.0. The molecule has 0 aliphatic carbocycles. The van der Waals surface area contributed by atoms with E-state index in [0.717, 1.165) is 146 Å². The molecule has 548 valence electrons. The molecule has 0 spiro atoms. The van der Waals surface area contributed by atoms with Gasteiger partial charge in [-0.3, -0.25) is 4.90 Å². The van der Waals surface area contributed by atoms with E-state index in [1.807, 2.05) is 60.3 Å². The number of rotatable bonds is 9. The summed E-state index contributed by atoms with van der Waals surface area (Å²) in [6.07, 6.45) is 1.27. The lowest BCUT2D eigenvalue weighted by molar-refractivity contribution is 0.109. The van der Waals surface area contributed by atoms with Crippen molar-refractivity contribution in [3.05, 3.63) is 153 Å². The zero-order valence-corrected chi connectivity index (χ0v) is 67.2. The number of hydrogen-bond acceptors (Lipinski definition) is 27. The van der Waals surface area contributed by atoms with Crippen molar-refractivity contribution in [1.82, 2.24) is 54.4 Å². The third-order valence-corrected chi connectivity index (χ3v) is 24.3. The number of sulfonamides is 1. The number of aromatic nitrogens is 8. The number of fused-ring (bicyclic) bond motifs is 4. The predicted molar refractivity (Wildman–Crippen MR) is 430 cm³/mol. The van der Waals surface area contributed by atoms with Gasteiger partial charge in [-0.2, -0.15) is 4.31 Å². The average Bonchev–Trinajstić information content (AvgIpc) is 1.58. The highest BCUT2D eigenvalue weighted by atomic mass is 79.9. The minimum absolute atomic E-state index is 0.0330. The third-order valence-electron chi connectivity index (χ3n) is 15.6. The van der Waals surface area contributed by atoms with Gasteiger partial charge in [0.15, 0.2) is 5.15 Å². The molecular weight excluding hydrogens is 1690 g/mol. The van der Waals surface area contributed by atoms with Gasteiger partial charge in [0.25, 0.3) is 0 Å². The quantitative estimate of drug-likeness (QED) is 0.0401. The Kier molecular flexibility index (Phi) is 29.8. The molecule has 4 aliphatic heterocycles. The minimum Gasteiger partial charge on any atom is -0.508 e. The van der Waals surface area contributed by atoms with Crippen LogP contribution in [0.3, 0.4) is 0 Å². The number of thiophene rings is 4. The molecule has 4 fully saturated rings. The predicted octanol–water partition coefficient (Wildman–Crippen LogP) is 13.6. The van der Waals surface area contributed by atoms with Crippen LogP contribution >= 0.6 is 128 Å². The molecular formula is C68H70BBr3Cl3N13O11S5. The summed E-state index contributed by atoms with van der Waals surface area (Å²) >= 11 is 34.0. The Hall–Kier alpha value is -6.16. The van der Waals surface area contributed by atoms with E-state index in [-0.39, 0.29) is 33.6 Å². The Morgan fingerprint density at radius 1 is 0.490 bits per heavy atom. The van der Waals surface area contributed by atoms with Crippen LogP contribution < -0.4 is 20.6 Å². The first kappa shape index (κ1) is 80.4. The summed E-state index contributed by atoms with van der Waals surface area (Å²) in [5.74, 6) is 2.05. The number of benzene rings is 4. The molecule has 104 heavy (non-hydrogen) atoms. The summed E-state index contributed by atoms with van der Waals surface area (Å²) in [5, 5.41) is 67.3. The molecule has 0 saturated carbocycles. The van der Waals surface area contributed by atoms with Crippen LogP contribution in [0.25, 0.3) is 74.6 Å². The fraction of sp³-hybridized carbons (Fsp3) is 0.294. The largest absolute Gasteiger partial charge is 0.508 e. The number of phenolic OH excluding ortho intramolecular Hbond substituents is 4. The van der Waals surface area contributed by atoms with Gasteiger partial charge >= 0.3 is 7.12 Å². The SMILES string of the molecule is C1COCCN1.CC.CS(=O)(=O)N1CCN(Cc2csc3c(-c4cccc(O)c4)nc(N4CCOCC4)nc23)CC1.Clc1nc(Cl)c2scc(Br)c2n1.OB(O)c1cccc(O)c1.Oc1cccc(-c2nc(Cl)nc3c(Br)csc23)c1.Oc1cccc(-c2nc(N3CCOCC3)nc3c(Br)csc23)c1. The molecule has 24 nitrogen and oxygen atoms in total. The number of hydrogen-bond donors (Lipinski definition) is 7. The van der Waals surface area contributed by atoms with Crippen LogP contribution in [0.5, 0.6) is 23.0 Å². The van der Waals surface area contributed by atoms with Crippen molar-refractivity contribution in [3.63, 3.8) is 0 Å². The first-order chi connectivity index (χ1) is 50.1. The van der Waals surface area contributed by atoms with E-state index in [1.54, 1.807) is 71.2 Å². The van der Waals surface area contributed by atoms with Gasteiger partial charge in [0, 0.05) is 110 Å². The molecule has 12 heterocycles. The van der Waals surface area contributed by atoms with Crippen molar-refractivity contribution >= 4 is 203 Å². The summed E-state index contributed by atoms with van der Waals surface area (Å²) in [7, 11) is -4.66. The second-order valence-electron chi connectivity index (χ2n) is 22.7. The molecule has 8 aromatic heterocycles. The van der Waals surface area contributed by atoms with E-state index in [9.17, 15) is 23.7 Å². The summed E-state index contributed by atoms with van der Waals surface area (Å²) in [4.78, 5) is 42.2. The number of nitrogens with zero attached hydrogens (tertiary/aromatic N) is 12. The summed E-state index contributed by atoms with van der Waals surface area (Å²) in [6.45, 7) is 16.6. The van der Waals surface area contributed by atoms with Gasteiger partial charge in [0.2, 0.25) is 32.5 Å². The number of nitrogens with one attached hydrogen (secondary N) is 1. The highest BCUT2D eigenvalue weighted by Gasteiger charge is 2.27. The van der Waals surface area contributed by atoms with E-state index in [1.165, 1.54) is 51.4 Å². The zero-order valence-electron chi connectivity index (χ0n) is 56.0. The highest BCUT2D eigenvalue weighted by Crippen LogP contribution is 2.41. The van der Waals surface area contributed by atoms with Gasteiger partial charge < -0.3 is 59.8 Å². The third kappa shape index (κ3) is 21.6. The molecule has 0 atom stereocenters. The maximum Gasteiger partial charge on any atom is 0.488 e. The molecule has 36 heteroatoms. The molecule has 4 aliphatic rings. The van der Waals surface area contributed by atoms with Gasteiger partial charge in [0.1, 0.15) is 39.5 Å². The van der Waals surface area contributed by atoms with Crippen LogP contribution in [0.4, 0.5) is 11.9 Å². The topological polar surface area (TPSA) is 311 Å². The number of halogens is 6. The van der Waals surface area contributed by atoms with Crippen LogP contribution in [0.15, 0.2) is 132 Å². The standard InChI is InChI=1S/C22H27N5O4S2.C16H14BrN3O2S.C12H6BrClN2OS.C6H7BO3.C6HBrCl2N2S.C4H9NO.C2H6/c1-33(29,30)27-7-5-25(6-8-27)14-17-15-32-21-19(16-3-2-4-18(28)13-16)23-22(24-20(17)21)26-9-11-31-12-10-26;17-12-9-23-15-13(10-2-1-3-11(21)8-10)18-16(19-14(12)15)20-4-6-22-7-5-20;13-8-5-18-11-9(15-12(14)16-10(8)11)6-2-1-3-7(17)4-6;8-6-3-1-2-5(4-6)7(9)10;7-2-1-12-4-3(2)10-6(9)11-5(4)8;1-3-6-4-2-5-1;1-2/h2-4,13,15,28H,5-12,14H2,1H3;1-3,8-9,21H,4-7H2;1-5,17H;1-4,8-10H;1H;5H,1-4H2;1-2H3. The fourth-order valence-electron chi connectivity index (χ4n) is 10.7. The van der Waals surface area contributed by atoms with Crippen molar-refractivity contribution in [3.8, 4) is 56.8 Å². The number of ether oxygens (including phenoxy) is 3. The lowest BCUT2D eigenvalue weighted by Crippen LogP contribution is -2.47. The van der Waals surface area contributed by atoms with Gasteiger partial charge in [-0.15, -0.1) is 45.3 Å². The van der Waals surface area contributed by atoms with Crippen molar-refractivity contribution in [2.75, 3.05) is 121 Å². The first-order valence-corrected chi connectivity index (χ1v) is 41.3. The Morgan fingerprint density at radius 3 is 1.31 bits per heavy atom. The molecule has 0 amide bonds. The summed E-state index contributed by atoms with van der Waals surface area (Å²) in [5.41, 5.74) is 9.75. The van der Waals surface area contributed by atoms with Crippen molar-refractivity contribution in [1.29, 1.82) is 0 Å². The van der Waals surface area contributed by atoms with Gasteiger partial charge in [-0.25, -0.2) is 48.3 Å². The van der Waals surface area contributed by atoms with E-state index >= 15 is 0 Å². The Balaban J connectivity index is 0.000000143. The van der Waals surface area contributed by atoms with E-state index < -0.39 is 17.1 Å². The van der Waals surface area contributed by atoms with Crippen molar-refractivity contribution in [2.24, 2.45) is 0 Å². The lowest BCUT2D eigenvalue weighted by atomic mass is 9.80.